The standard InChI is InChI=1S/C16H23NO3/c1-11(16(2,3)4)17-15(18)12-6-7-13-14(10-12)20-9-5-8-19-13/h6-7,10-11H,5,8-9H2,1-4H3,(H,17,18)/t11-/m0/s1. The molecule has 0 saturated carbocycles. The highest BCUT2D eigenvalue weighted by Gasteiger charge is 2.23. The zero-order valence-corrected chi connectivity index (χ0v) is 12.7. The Morgan fingerprint density at radius 3 is 2.50 bits per heavy atom. The lowest BCUT2D eigenvalue weighted by atomic mass is 9.88. The third-order valence-electron chi connectivity index (χ3n) is 3.66. The smallest absolute Gasteiger partial charge is 0.251 e. The average molecular weight is 277 g/mol. The van der Waals surface area contributed by atoms with Crippen molar-refractivity contribution in [2.24, 2.45) is 5.41 Å². The summed E-state index contributed by atoms with van der Waals surface area (Å²) < 4.78 is 11.2. The van der Waals surface area contributed by atoms with Gasteiger partial charge in [0, 0.05) is 18.0 Å². The summed E-state index contributed by atoms with van der Waals surface area (Å²) in [4.78, 5) is 12.3. The Kier molecular flexibility index (Phi) is 4.21. The van der Waals surface area contributed by atoms with Gasteiger partial charge >= 0.3 is 0 Å². The van der Waals surface area contributed by atoms with Crippen LogP contribution in [0.5, 0.6) is 11.5 Å². The minimum Gasteiger partial charge on any atom is -0.490 e. The quantitative estimate of drug-likeness (QED) is 0.904. The molecule has 0 fully saturated rings. The highest BCUT2D eigenvalue weighted by Crippen LogP contribution is 2.30. The third kappa shape index (κ3) is 3.44. The Labute approximate surface area is 120 Å². The molecule has 1 atom stereocenters. The molecule has 0 bridgehead atoms. The molecule has 0 spiro atoms. The number of benzene rings is 1. The molecule has 1 aromatic carbocycles. The topological polar surface area (TPSA) is 47.6 Å². The van der Waals surface area contributed by atoms with E-state index < -0.39 is 0 Å². The van der Waals surface area contributed by atoms with E-state index in [1.54, 1.807) is 18.2 Å². The van der Waals surface area contributed by atoms with Crippen LogP contribution in [0.4, 0.5) is 0 Å². The summed E-state index contributed by atoms with van der Waals surface area (Å²) in [6, 6.07) is 5.42. The molecule has 1 aromatic rings. The average Bonchev–Trinajstić information content (AvgIpc) is 2.61. The van der Waals surface area contributed by atoms with Crippen LogP contribution in [0.25, 0.3) is 0 Å². The number of amides is 1. The molecular weight excluding hydrogens is 254 g/mol. The lowest BCUT2D eigenvalue weighted by Crippen LogP contribution is -2.41. The largest absolute Gasteiger partial charge is 0.490 e. The van der Waals surface area contributed by atoms with Crippen molar-refractivity contribution in [1.82, 2.24) is 5.32 Å². The first kappa shape index (κ1) is 14.7. The summed E-state index contributed by atoms with van der Waals surface area (Å²) >= 11 is 0. The van der Waals surface area contributed by atoms with Gasteiger partial charge in [0.15, 0.2) is 11.5 Å². The van der Waals surface area contributed by atoms with Crippen molar-refractivity contribution < 1.29 is 14.3 Å². The highest BCUT2D eigenvalue weighted by atomic mass is 16.5. The van der Waals surface area contributed by atoms with Crippen LogP contribution in [-0.2, 0) is 0 Å². The zero-order chi connectivity index (χ0) is 14.8. The summed E-state index contributed by atoms with van der Waals surface area (Å²) in [7, 11) is 0. The Morgan fingerprint density at radius 2 is 1.85 bits per heavy atom. The SMILES string of the molecule is C[C@H](NC(=O)c1ccc2c(c1)OCCCO2)C(C)(C)C. The number of ether oxygens (including phenoxy) is 2. The van der Waals surface area contributed by atoms with Crippen molar-refractivity contribution in [2.45, 2.75) is 40.2 Å². The van der Waals surface area contributed by atoms with E-state index >= 15 is 0 Å². The first-order valence-electron chi connectivity index (χ1n) is 7.08. The normalized spacial score (nSPS) is 16.2. The van der Waals surface area contributed by atoms with E-state index in [0.29, 0.717) is 30.3 Å². The number of hydrogen-bond donors (Lipinski definition) is 1. The van der Waals surface area contributed by atoms with E-state index in [-0.39, 0.29) is 17.4 Å². The first-order valence-corrected chi connectivity index (χ1v) is 7.08. The van der Waals surface area contributed by atoms with Crippen LogP contribution in [0.15, 0.2) is 18.2 Å². The fourth-order valence-corrected chi connectivity index (χ4v) is 1.80. The molecule has 2 rings (SSSR count). The Morgan fingerprint density at radius 1 is 1.20 bits per heavy atom. The fraction of sp³-hybridized carbons (Fsp3) is 0.562. The van der Waals surface area contributed by atoms with Crippen LogP contribution < -0.4 is 14.8 Å². The van der Waals surface area contributed by atoms with E-state index in [9.17, 15) is 4.79 Å². The second kappa shape index (κ2) is 5.73. The Hall–Kier alpha value is -1.71. The van der Waals surface area contributed by atoms with Gasteiger partial charge in [0.05, 0.1) is 13.2 Å². The van der Waals surface area contributed by atoms with Crippen molar-refractivity contribution in [2.75, 3.05) is 13.2 Å². The van der Waals surface area contributed by atoms with Crippen LogP contribution in [-0.4, -0.2) is 25.2 Å². The summed E-state index contributed by atoms with van der Waals surface area (Å²) in [6.45, 7) is 9.60. The minimum absolute atomic E-state index is 0.0287. The maximum absolute atomic E-state index is 12.3. The molecule has 4 nitrogen and oxygen atoms in total. The molecular formula is C16H23NO3. The molecule has 0 radical (unpaired) electrons. The van der Waals surface area contributed by atoms with Crippen molar-refractivity contribution >= 4 is 5.91 Å². The molecule has 0 aliphatic carbocycles. The van der Waals surface area contributed by atoms with Gasteiger partial charge in [0.25, 0.3) is 5.91 Å². The predicted octanol–water partition coefficient (Wildman–Crippen LogP) is 3.01. The second-order valence-corrected chi connectivity index (χ2v) is 6.27. The molecule has 0 aromatic heterocycles. The molecule has 20 heavy (non-hydrogen) atoms. The van der Waals surface area contributed by atoms with Gasteiger partial charge in [-0.1, -0.05) is 20.8 Å². The number of carbonyl (C=O) groups is 1. The van der Waals surface area contributed by atoms with Crippen LogP contribution >= 0.6 is 0 Å². The number of carbonyl (C=O) groups excluding carboxylic acids is 1. The number of rotatable bonds is 2. The number of nitrogens with one attached hydrogen (secondary N) is 1. The lowest BCUT2D eigenvalue weighted by molar-refractivity contribution is 0.0909. The van der Waals surface area contributed by atoms with Crippen molar-refractivity contribution in [3.8, 4) is 11.5 Å². The summed E-state index contributed by atoms with van der Waals surface area (Å²) in [6.07, 6.45) is 0.858. The summed E-state index contributed by atoms with van der Waals surface area (Å²) in [5.41, 5.74) is 0.631. The third-order valence-corrected chi connectivity index (χ3v) is 3.66. The maximum Gasteiger partial charge on any atom is 0.251 e. The summed E-state index contributed by atoms with van der Waals surface area (Å²) in [5.74, 6) is 1.28. The highest BCUT2D eigenvalue weighted by molar-refractivity contribution is 5.95. The van der Waals surface area contributed by atoms with Crippen molar-refractivity contribution in [1.29, 1.82) is 0 Å². The van der Waals surface area contributed by atoms with Crippen molar-refractivity contribution in [3.63, 3.8) is 0 Å². The van der Waals surface area contributed by atoms with Crippen molar-refractivity contribution in [3.05, 3.63) is 23.8 Å². The molecule has 1 aliphatic rings. The maximum atomic E-state index is 12.3. The Bertz CT molecular complexity index is 491. The van der Waals surface area contributed by atoms with E-state index in [1.807, 2.05) is 6.92 Å². The van der Waals surface area contributed by atoms with Gasteiger partial charge in [0.2, 0.25) is 0 Å². The Balaban J connectivity index is 2.13. The number of hydrogen-bond acceptors (Lipinski definition) is 3. The van der Waals surface area contributed by atoms with Gasteiger partial charge in [-0.3, -0.25) is 4.79 Å². The second-order valence-electron chi connectivity index (χ2n) is 6.27. The molecule has 110 valence electrons. The molecule has 0 saturated heterocycles. The van der Waals surface area contributed by atoms with Gasteiger partial charge in [-0.15, -0.1) is 0 Å². The molecule has 0 unspecified atom stereocenters. The minimum atomic E-state index is -0.0805. The van der Waals surface area contributed by atoms with Crippen LogP contribution in [0.2, 0.25) is 0 Å². The zero-order valence-electron chi connectivity index (χ0n) is 12.7. The van der Waals surface area contributed by atoms with Gasteiger partial charge in [-0.05, 0) is 30.5 Å². The van der Waals surface area contributed by atoms with Crippen LogP contribution in [0.1, 0.15) is 44.5 Å². The van der Waals surface area contributed by atoms with Gasteiger partial charge in [-0.2, -0.15) is 0 Å². The van der Waals surface area contributed by atoms with Crippen LogP contribution in [0.3, 0.4) is 0 Å². The van der Waals surface area contributed by atoms with E-state index in [2.05, 4.69) is 26.1 Å². The molecule has 1 aliphatic heterocycles. The van der Waals surface area contributed by atoms with Gasteiger partial charge in [-0.25, -0.2) is 0 Å². The van der Waals surface area contributed by atoms with Crippen LogP contribution in [0, 0.1) is 5.41 Å². The predicted molar refractivity (Wildman–Crippen MR) is 78.4 cm³/mol. The lowest BCUT2D eigenvalue weighted by Gasteiger charge is -2.28. The monoisotopic (exact) mass is 277 g/mol. The van der Waals surface area contributed by atoms with Gasteiger partial charge in [0.1, 0.15) is 0 Å². The first-order chi connectivity index (χ1) is 9.38. The molecule has 1 amide bonds. The molecule has 1 heterocycles. The fourth-order valence-electron chi connectivity index (χ4n) is 1.80. The van der Waals surface area contributed by atoms with Gasteiger partial charge < -0.3 is 14.8 Å². The van der Waals surface area contributed by atoms with E-state index in [1.165, 1.54) is 0 Å². The molecule has 4 heteroatoms. The molecule has 1 N–H and O–H groups in total. The van der Waals surface area contributed by atoms with E-state index in [0.717, 1.165) is 6.42 Å². The summed E-state index contributed by atoms with van der Waals surface area (Å²) in [5, 5.41) is 3.02. The number of fused-ring (bicyclic) bond motifs is 1. The van der Waals surface area contributed by atoms with E-state index in [4.69, 9.17) is 9.47 Å².